The Bertz CT molecular complexity index is 1050. The molecule has 0 unspecified atom stereocenters. The molecule has 2 aromatic heterocycles. The molecule has 0 radical (unpaired) electrons. The molecule has 1 fully saturated rings. The molecule has 0 atom stereocenters. The maximum absolute atomic E-state index is 13.4. The number of nitrogens with one attached hydrogen (secondary N) is 1. The summed E-state index contributed by atoms with van der Waals surface area (Å²) in [6.07, 6.45) is -0.953. The molecule has 4 rings (SSSR count). The van der Waals surface area contributed by atoms with Gasteiger partial charge in [-0.15, -0.1) is 10.2 Å². The number of carbonyl (C=O) groups excluding carboxylic acids is 1. The third-order valence-electron chi connectivity index (χ3n) is 5.02. The maximum atomic E-state index is 13.4. The first kappa shape index (κ1) is 20.7. The van der Waals surface area contributed by atoms with E-state index < -0.39 is 23.5 Å². The van der Waals surface area contributed by atoms with Crippen molar-refractivity contribution in [1.82, 2.24) is 25.0 Å². The molecule has 0 aliphatic carbocycles. The molecule has 0 spiro atoms. The largest absolute Gasteiger partial charge is 0.419 e. The molecular weight excluding hydrogens is 418 g/mol. The molecule has 3 aromatic rings. The van der Waals surface area contributed by atoms with Gasteiger partial charge in [0, 0.05) is 24.7 Å². The summed E-state index contributed by atoms with van der Waals surface area (Å²) < 4.78 is 53.4. The number of carbonyl (C=O) groups is 1. The van der Waals surface area contributed by atoms with Gasteiger partial charge in [0.05, 0.1) is 5.56 Å². The van der Waals surface area contributed by atoms with E-state index in [0.29, 0.717) is 49.7 Å². The number of piperidine rings is 1. The van der Waals surface area contributed by atoms with Crippen molar-refractivity contribution in [1.29, 1.82) is 0 Å². The Morgan fingerprint density at radius 3 is 2.39 bits per heavy atom. The van der Waals surface area contributed by atoms with Crippen LogP contribution in [-0.4, -0.2) is 44.0 Å². The molecule has 0 bridgehead atoms. The minimum absolute atomic E-state index is 0.0873. The number of amides is 1. The Morgan fingerprint density at radius 2 is 1.77 bits per heavy atom. The molecule has 31 heavy (non-hydrogen) atoms. The molecule has 3 heterocycles. The number of rotatable bonds is 4. The second-order valence-electron chi connectivity index (χ2n) is 7.03. The van der Waals surface area contributed by atoms with Crippen molar-refractivity contribution < 1.29 is 22.4 Å². The van der Waals surface area contributed by atoms with Crippen LogP contribution in [0.3, 0.4) is 0 Å². The van der Waals surface area contributed by atoms with Crippen molar-refractivity contribution in [2.45, 2.75) is 19.0 Å². The van der Waals surface area contributed by atoms with E-state index in [2.05, 4.69) is 25.6 Å². The van der Waals surface area contributed by atoms with Crippen molar-refractivity contribution in [3.05, 3.63) is 54.4 Å². The Morgan fingerprint density at radius 1 is 1.06 bits per heavy atom. The van der Waals surface area contributed by atoms with E-state index in [4.69, 9.17) is 0 Å². The number of alkyl halides is 3. The number of anilines is 2. The van der Waals surface area contributed by atoms with Crippen LogP contribution in [0.4, 0.5) is 29.1 Å². The lowest BCUT2D eigenvalue weighted by molar-refractivity contribution is -0.140. The minimum atomic E-state index is -4.83. The summed E-state index contributed by atoms with van der Waals surface area (Å²) >= 11 is 0. The summed E-state index contributed by atoms with van der Waals surface area (Å²) in [6.45, 7) is 1.07. The van der Waals surface area contributed by atoms with Crippen molar-refractivity contribution >= 4 is 17.4 Å². The topological polar surface area (TPSA) is 88.8 Å². The molecule has 1 aromatic carbocycles. The molecule has 8 nitrogen and oxygen atoms in total. The predicted molar refractivity (Wildman–Crippen MR) is 102 cm³/mol. The average molecular weight is 435 g/mol. The molecule has 162 valence electrons. The van der Waals surface area contributed by atoms with E-state index >= 15 is 0 Å². The van der Waals surface area contributed by atoms with Gasteiger partial charge in [-0.1, -0.05) is 0 Å². The Balaban J connectivity index is 1.35. The molecule has 1 aliphatic rings. The van der Waals surface area contributed by atoms with Gasteiger partial charge in [-0.2, -0.15) is 18.3 Å². The van der Waals surface area contributed by atoms with E-state index in [-0.39, 0.29) is 11.6 Å². The van der Waals surface area contributed by atoms with E-state index in [1.165, 1.54) is 17.3 Å². The fourth-order valence-corrected chi connectivity index (χ4v) is 3.37. The summed E-state index contributed by atoms with van der Waals surface area (Å²) in [7, 11) is 0. The molecule has 0 saturated carbocycles. The first-order chi connectivity index (χ1) is 14.8. The molecule has 1 N–H and O–H groups in total. The molecule has 1 aliphatic heterocycles. The molecule has 12 heteroatoms. The van der Waals surface area contributed by atoms with Gasteiger partial charge in [-0.05, 0) is 43.2 Å². The fourth-order valence-electron chi connectivity index (χ4n) is 3.37. The zero-order valence-electron chi connectivity index (χ0n) is 16.1. The van der Waals surface area contributed by atoms with Gasteiger partial charge in [0.2, 0.25) is 5.91 Å². The Hall–Kier alpha value is -3.57. The van der Waals surface area contributed by atoms with Gasteiger partial charge in [0.1, 0.15) is 18.5 Å². The van der Waals surface area contributed by atoms with Crippen molar-refractivity contribution in [3.63, 3.8) is 0 Å². The average Bonchev–Trinajstić information content (AvgIpc) is 3.29. The summed E-state index contributed by atoms with van der Waals surface area (Å²) in [5, 5.41) is 14.7. The molecular formula is C19H17F4N7O. The fraction of sp³-hybridized carbons (Fsp3) is 0.316. The highest BCUT2D eigenvalue weighted by atomic mass is 19.4. The second-order valence-corrected chi connectivity index (χ2v) is 7.03. The normalized spacial score (nSPS) is 15.2. The van der Waals surface area contributed by atoms with Crippen LogP contribution in [0, 0.1) is 11.7 Å². The zero-order chi connectivity index (χ0) is 22.0. The lowest BCUT2D eigenvalue weighted by Gasteiger charge is -2.31. The van der Waals surface area contributed by atoms with E-state index in [1.807, 2.05) is 4.90 Å². The highest BCUT2D eigenvalue weighted by molar-refractivity contribution is 5.92. The van der Waals surface area contributed by atoms with Crippen LogP contribution in [0.5, 0.6) is 0 Å². The van der Waals surface area contributed by atoms with Crippen LogP contribution in [0.1, 0.15) is 18.4 Å². The van der Waals surface area contributed by atoms with Crippen LogP contribution in [-0.2, 0) is 11.0 Å². The van der Waals surface area contributed by atoms with Crippen LogP contribution in [0.15, 0.2) is 43.0 Å². The molecule has 1 saturated heterocycles. The predicted octanol–water partition coefficient (Wildman–Crippen LogP) is 3.07. The smallest absolute Gasteiger partial charge is 0.355 e. The Kier molecular flexibility index (Phi) is 5.53. The van der Waals surface area contributed by atoms with Gasteiger partial charge in [0.15, 0.2) is 11.6 Å². The lowest BCUT2D eigenvalue weighted by Crippen LogP contribution is -2.38. The number of hydrogen-bond acceptors (Lipinski definition) is 6. The number of hydrogen-bond donors (Lipinski definition) is 1. The van der Waals surface area contributed by atoms with Crippen LogP contribution < -0.4 is 10.2 Å². The lowest BCUT2D eigenvalue weighted by atomic mass is 9.95. The first-order valence-corrected chi connectivity index (χ1v) is 9.42. The van der Waals surface area contributed by atoms with Crippen molar-refractivity contribution in [2.24, 2.45) is 5.92 Å². The third-order valence-corrected chi connectivity index (χ3v) is 5.02. The summed E-state index contributed by atoms with van der Waals surface area (Å²) in [5.41, 5.74) is -1.50. The standard InChI is InChI=1S/C19H17F4N7O/c20-15-2-1-13(9-14(15)19(21,22)23)26-18(31)12-5-7-29(8-6-12)16-3-4-17(28-27-16)30-11-24-10-25-30/h1-4,9-12H,5-8H2,(H,26,31). The zero-order valence-corrected chi connectivity index (χ0v) is 16.1. The van der Waals surface area contributed by atoms with Gasteiger partial charge >= 0.3 is 6.18 Å². The number of aromatic nitrogens is 5. The van der Waals surface area contributed by atoms with E-state index in [0.717, 1.165) is 6.07 Å². The van der Waals surface area contributed by atoms with Gasteiger partial charge in [0.25, 0.3) is 0 Å². The van der Waals surface area contributed by atoms with Crippen LogP contribution in [0.25, 0.3) is 5.82 Å². The SMILES string of the molecule is O=C(Nc1ccc(F)c(C(F)(F)F)c1)C1CCN(c2ccc(-n3cncn3)nn2)CC1. The number of nitrogens with zero attached hydrogens (tertiary/aromatic N) is 6. The number of halogens is 4. The highest BCUT2D eigenvalue weighted by Gasteiger charge is 2.34. The number of benzene rings is 1. The van der Waals surface area contributed by atoms with Crippen LogP contribution in [0.2, 0.25) is 0 Å². The Labute approximate surface area is 173 Å². The van der Waals surface area contributed by atoms with Crippen LogP contribution >= 0.6 is 0 Å². The monoisotopic (exact) mass is 435 g/mol. The maximum Gasteiger partial charge on any atom is 0.419 e. The summed E-state index contributed by atoms with van der Waals surface area (Å²) in [6, 6.07) is 5.96. The second kappa shape index (κ2) is 8.28. The van der Waals surface area contributed by atoms with Gasteiger partial charge in [-0.3, -0.25) is 4.79 Å². The summed E-state index contributed by atoms with van der Waals surface area (Å²) in [5.74, 6) is -0.983. The molecule has 1 amide bonds. The quantitative estimate of drug-likeness (QED) is 0.634. The van der Waals surface area contributed by atoms with E-state index in [9.17, 15) is 22.4 Å². The van der Waals surface area contributed by atoms with Gasteiger partial charge in [-0.25, -0.2) is 14.1 Å². The first-order valence-electron chi connectivity index (χ1n) is 9.42. The van der Waals surface area contributed by atoms with E-state index in [1.54, 1.807) is 12.1 Å². The highest BCUT2D eigenvalue weighted by Crippen LogP contribution is 2.33. The minimum Gasteiger partial charge on any atom is -0.355 e. The van der Waals surface area contributed by atoms with Crippen molar-refractivity contribution in [2.75, 3.05) is 23.3 Å². The van der Waals surface area contributed by atoms with Crippen molar-refractivity contribution in [3.8, 4) is 5.82 Å². The van der Waals surface area contributed by atoms with Gasteiger partial charge < -0.3 is 10.2 Å². The third kappa shape index (κ3) is 4.62. The summed E-state index contributed by atoms with van der Waals surface area (Å²) in [4.78, 5) is 18.3.